The lowest BCUT2D eigenvalue weighted by Gasteiger charge is -2.37. The molecule has 6 heteroatoms. The van der Waals surface area contributed by atoms with E-state index in [9.17, 15) is 0 Å². The predicted octanol–water partition coefficient (Wildman–Crippen LogP) is 2.80. The molecule has 3 rings (SSSR count). The Hall–Kier alpha value is -2.76. The van der Waals surface area contributed by atoms with Crippen LogP contribution >= 0.6 is 11.6 Å². The van der Waals surface area contributed by atoms with E-state index >= 15 is 0 Å². The van der Waals surface area contributed by atoms with E-state index in [0.717, 1.165) is 37.7 Å². The number of hydrogen-bond acceptors (Lipinski definition) is 5. The van der Waals surface area contributed by atoms with Crippen LogP contribution in [0, 0.1) is 22.7 Å². The molecule has 1 fully saturated rings. The van der Waals surface area contributed by atoms with Gasteiger partial charge >= 0.3 is 0 Å². The zero-order chi connectivity index (χ0) is 16.2. The first-order valence-corrected chi connectivity index (χ1v) is 7.65. The monoisotopic (exact) mass is 323 g/mol. The van der Waals surface area contributed by atoms with Gasteiger partial charge in [0.15, 0.2) is 0 Å². The molecular formula is C17H14ClN5. The second kappa shape index (κ2) is 6.56. The predicted molar refractivity (Wildman–Crippen MR) is 89.5 cm³/mol. The molecule has 0 saturated carbocycles. The van der Waals surface area contributed by atoms with Gasteiger partial charge in [0.2, 0.25) is 0 Å². The first-order valence-electron chi connectivity index (χ1n) is 7.27. The van der Waals surface area contributed by atoms with Gasteiger partial charge in [-0.3, -0.25) is 0 Å². The highest BCUT2D eigenvalue weighted by Crippen LogP contribution is 2.28. The lowest BCUT2D eigenvalue weighted by atomic mass is 10.2. The summed E-state index contributed by atoms with van der Waals surface area (Å²) in [5.41, 5.74) is 2.09. The first kappa shape index (κ1) is 15.1. The Morgan fingerprint density at radius 2 is 1.57 bits per heavy atom. The second-order valence-electron chi connectivity index (χ2n) is 5.27. The second-order valence-corrected chi connectivity index (χ2v) is 5.68. The van der Waals surface area contributed by atoms with Crippen molar-refractivity contribution in [2.75, 3.05) is 36.0 Å². The smallest absolute Gasteiger partial charge is 0.128 e. The summed E-state index contributed by atoms with van der Waals surface area (Å²) in [6.07, 6.45) is 1.60. The molecule has 1 aliphatic heterocycles. The summed E-state index contributed by atoms with van der Waals surface area (Å²) in [7, 11) is 0. The molecular weight excluding hydrogens is 310 g/mol. The van der Waals surface area contributed by atoms with Crippen molar-refractivity contribution >= 4 is 23.1 Å². The number of rotatable bonds is 2. The van der Waals surface area contributed by atoms with Crippen LogP contribution in [0.3, 0.4) is 0 Å². The van der Waals surface area contributed by atoms with Crippen LogP contribution in [0.25, 0.3) is 0 Å². The van der Waals surface area contributed by atoms with Crippen LogP contribution in [0.1, 0.15) is 11.1 Å². The zero-order valence-corrected chi connectivity index (χ0v) is 13.2. The van der Waals surface area contributed by atoms with Gasteiger partial charge in [-0.25, -0.2) is 4.98 Å². The number of aromatic nitrogens is 1. The molecule has 0 aliphatic carbocycles. The number of halogens is 1. The Kier molecular flexibility index (Phi) is 4.32. The quantitative estimate of drug-likeness (QED) is 0.850. The third kappa shape index (κ3) is 3.21. The Morgan fingerprint density at radius 1 is 0.913 bits per heavy atom. The standard InChI is InChI=1S/C17H14ClN5/c18-15-9-13(10-19)1-3-16(15)22-5-7-23(8-6-22)17-4-2-14(11-20)12-21-17/h1-4,9,12H,5-8H2. The average Bonchev–Trinajstić information content (AvgIpc) is 2.62. The largest absolute Gasteiger partial charge is 0.367 e. The van der Waals surface area contributed by atoms with Crippen molar-refractivity contribution in [2.45, 2.75) is 0 Å². The Bertz CT molecular complexity index is 780. The molecule has 1 aliphatic rings. The number of hydrogen-bond donors (Lipinski definition) is 0. The maximum absolute atomic E-state index is 8.91. The first-order chi connectivity index (χ1) is 11.2. The van der Waals surface area contributed by atoms with E-state index in [1.807, 2.05) is 12.1 Å². The Labute approximate surface area is 140 Å². The summed E-state index contributed by atoms with van der Waals surface area (Å²) in [5, 5.41) is 18.3. The van der Waals surface area contributed by atoms with Crippen molar-refractivity contribution in [3.8, 4) is 12.1 Å². The molecule has 0 N–H and O–H groups in total. The number of nitriles is 2. The van der Waals surface area contributed by atoms with Crippen molar-refractivity contribution in [1.29, 1.82) is 10.5 Å². The molecule has 1 saturated heterocycles. The topological polar surface area (TPSA) is 67.0 Å². The van der Waals surface area contributed by atoms with E-state index in [0.29, 0.717) is 16.1 Å². The van der Waals surface area contributed by atoms with Crippen molar-refractivity contribution in [1.82, 2.24) is 4.98 Å². The molecule has 0 bridgehead atoms. The van der Waals surface area contributed by atoms with E-state index in [1.54, 1.807) is 24.4 Å². The van der Waals surface area contributed by atoms with Crippen LogP contribution in [0.15, 0.2) is 36.5 Å². The average molecular weight is 324 g/mol. The number of benzene rings is 1. The summed E-state index contributed by atoms with van der Waals surface area (Å²) in [4.78, 5) is 8.74. The molecule has 2 heterocycles. The molecule has 23 heavy (non-hydrogen) atoms. The normalized spacial score (nSPS) is 14.2. The summed E-state index contributed by atoms with van der Waals surface area (Å²) in [6, 6.07) is 13.2. The van der Waals surface area contributed by atoms with E-state index in [4.69, 9.17) is 22.1 Å². The molecule has 114 valence electrons. The van der Waals surface area contributed by atoms with Gasteiger partial charge in [-0.15, -0.1) is 0 Å². The van der Waals surface area contributed by atoms with E-state index in [-0.39, 0.29) is 0 Å². The van der Waals surface area contributed by atoms with Crippen molar-refractivity contribution in [3.05, 3.63) is 52.7 Å². The third-order valence-electron chi connectivity index (χ3n) is 3.90. The number of nitrogens with zero attached hydrogens (tertiary/aromatic N) is 5. The van der Waals surface area contributed by atoms with E-state index in [2.05, 4.69) is 26.9 Å². The van der Waals surface area contributed by atoms with Gasteiger partial charge in [0, 0.05) is 32.4 Å². The molecule has 0 amide bonds. The Balaban J connectivity index is 1.68. The number of piperazine rings is 1. The maximum atomic E-state index is 8.91. The number of anilines is 2. The zero-order valence-electron chi connectivity index (χ0n) is 12.4. The molecule has 1 aromatic heterocycles. The Morgan fingerprint density at radius 3 is 2.13 bits per heavy atom. The van der Waals surface area contributed by atoms with Gasteiger partial charge in [0.25, 0.3) is 0 Å². The van der Waals surface area contributed by atoms with E-state index < -0.39 is 0 Å². The fourth-order valence-electron chi connectivity index (χ4n) is 2.65. The minimum Gasteiger partial charge on any atom is -0.367 e. The van der Waals surface area contributed by atoms with Crippen molar-refractivity contribution in [3.63, 3.8) is 0 Å². The summed E-state index contributed by atoms with van der Waals surface area (Å²) < 4.78 is 0. The van der Waals surface area contributed by atoms with Gasteiger partial charge in [-0.05, 0) is 30.3 Å². The van der Waals surface area contributed by atoms with Crippen LogP contribution in [-0.2, 0) is 0 Å². The lowest BCUT2D eigenvalue weighted by Crippen LogP contribution is -2.46. The molecule has 2 aromatic rings. The van der Waals surface area contributed by atoms with Gasteiger partial charge < -0.3 is 9.80 Å². The third-order valence-corrected chi connectivity index (χ3v) is 4.20. The van der Waals surface area contributed by atoms with E-state index in [1.165, 1.54) is 0 Å². The van der Waals surface area contributed by atoms with Crippen molar-refractivity contribution in [2.24, 2.45) is 0 Å². The van der Waals surface area contributed by atoms with Crippen LogP contribution in [-0.4, -0.2) is 31.2 Å². The summed E-state index contributed by atoms with van der Waals surface area (Å²) in [6.45, 7) is 3.31. The highest BCUT2D eigenvalue weighted by Gasteiger charge is 2.20. The van der Waals surface area contributed by atoms with Gasteiger partial charge in [0.05, 0.1) is 27.9 Å². The van der Waals surface area contributed by atoms with Gasteiger partial charge in [-0.2, -0.15) is 10.5 Å². The highest BCUT2D eigenvalue weighted by atomic mass is 35.5. The van der Waals surface area contributed by atoms with Crippen LogP contribution < -0.4 is 9.80 Å². The summed E-state index contributed by atoms with van der Waals surface area (Å²) >= 11 is 6.28. The SMILES string of the molecule is N#Cc1ccc(N2CCN(c3ccc(C#N)cc3Cl)CC2)nc1. The fourth-order valence-corrected chi connectivity index (χ4v) is 2.95. The molecule has 0 unspecified atom stereocenters. The minimum absolute atomic E-state index is 0.566. The molecule has 1 aromatic carbocycles. The molecule has 5 nitrogen and oxygen atoms in total. The van der Waals surface area contributed by atoms with Crippen LogP contribution in [0.4, 0.5) is 11.5 Å². The maximum Gasteiger partial charge on any atom is 0.128 e. The van der Waals surface area contributed by atoms with Crippen molar-refractivity contribution < 1.29 is 0 Å². The minimum atomic E-state index is 0.566. The fraction of sp³-hybridized carbons (Fsp3) is 0.235. The summed E-state index contributed by atoms with van der Waals surface area (Å²) in [5.74, 6) is 0.884. The number of pyridine rings is 1. The lowest BCUT2D eigenvalue weighted by molar-refractivity contribution is 0.647. The van der Waals surface area contributed by atoms with Crippen LogP contribution in [0.5, 0.6) is 0 Å². The van der Waals surface area contributed by atoms with Gasteiger partial charge in [0.1, 0.15) is 11.9 Å². The van der Waals surface area contributed by atoms with Crippen LogP contribution in [0.2, 0.25) is 5.02 Å². The molecule has 0 spiro atoms. The molecule has 0 radical (unpaired) electrons. The molecule has 0 atom stereocenters. The highest BCUT2D eigenvalue weighted by molar-refractivity contribution is 6.33. The van der Waals surface area contributed by atoms with Gasteiger partial charge in [-0.1, -0.05) is 11.6 Å².